The van der Waals surface area contributed by atoms with E-state index in [1.807, 2.05) is 42.2 Å². The highest BCUT2D eigenvalue weighted by Crippen LogP contribution is 2.20. The lowest BCUT2D eigenvalue weighted by atomic mass is 10.1. The van der Waals surface area contributed by atoms with Gasteiger partial charge in [0.15, 0.2) is 5.11 Å². The zero-order valence-electron chi connectivity index (χ0n) is 16.0. The first-order valence-corrected chi connectivity index (χ1v) is 10.0. The number of likely N-dealkylation sites (tertiary alicyclic amines) is 1. The molecule has 0 saturated carbocycles. The van der Waals surface area contributed by atoms with E-state index in [1.165, 1.54) is 12.8 Å². The first-order chi connectivity index (χ1) is 13.6. The van der Waals surface area contributed by atoms with E-state index in [4.69, 9.17) is 12.2 Å². The lowest BCUT2D eigenvalue weighted by Crippen LogP contribution is -2.36. The van der Waals surface area contributed by atoms with Crippen LogP contribution < -0.4 is 10.6 Å². The maximum atomic E-state index is 13.0. The fourth-order valence-electron chi connectivity index (χ4n) is 3.37. The highest BCUT2D eigenvalue weighted by molar-refractivity contribution is 7.80. The van der Waals surface area contributed by atoms with Crippen molar-refractivity contribution in [3.05, 3.63) is 65.2 Å². The van der Waals surface area contributed by atoms with Crippen molar-refractivity contribution >= 4 is 34.8 Å². The van der Waals surface area contributed by atoms with Gasteiger partial charge in [-0.15, -0.1) is 0 Å². The Morgan fingerprint density at radius 2 is 1.50 bits per heavy atom. The standard InChI is InChI=1S/C22H25N3O2S/c1-16-10-4-5-11-17(16)20(26)24-22(28)23-19-13-7-6-12-18(19)21(27)25-14-8-2-3-9-15-25/h4-7,10-13H,2-3,8-9,14-15H2,1H3,(H2,23,24,26,28). The molecule has 2 aromatic rings. The minimum Gasteiger partial charge on any atom is -0.339 e. The third kappa shape index (κ3) is 4.95. The number of aryl methyl sites for hydroxylation is 1. The molecule has 1 aliphatic rings. The molecule has 3 rings (SSSR count). The fraction of sp³-hybridized carbons (Fsp3) is 0.318. The monoisotopic (exact) mass is 395 g/mol. The van der Waals surface area contributed by atoms with Gasteiger partial charge in [-0.2, -0.15) is 0 Å². The molecule has 1 aliphatic heterocycles. The van der Waals surface area contributed by atoms with Gasteiger partial charge in [-0.1, -0.05) is 43.2 Å². The van der Waals surface area contributed by atoms with Crippen molar-refractivity contribution in [2.45, 2.75) is 32.6 Å². The first-order valence-electron chi connectivity index (χ1n) is 9.62. The van der Waals surface area contributed by atoms with E-state index in [9.17, 15) is 9.59 Å². The third-order valence-corrected chi connectivity index (χ3v) is 5.12. The zero-order chi connectivity index (χ0) is 19.9. The van der Waals surface area contributed by atoms with Crippen LogP contribution in [0.15, 0.2) is 48.5 Å². The number of hydrogen-bond donors (Lipinski definition) is 2. The number of hydrogen-bond acceptors (Lipinski definition) is 3. The molecule has 1 fully saturated rings. The van der Waals surface area contributed by atoms with Crippen LogP contribution in [0, 0.1) is 6.92 Å². The second-order valence-electron chi connectivity index (χ2n) is 6.98. The number of benzene rings is 2. The van der Waals surface area contributed by atoms with Crippen LogP contribution in [0.3, 0.4) is 0 Å². The van der Waals surface area contributed by atoms with Gasteiger partial charge in [-0.05, 0) is 55.7 Å². The minimum absolute atomic E-state index is 0.00182. The van der Waals surface area contributed by atoms with Gasteiger partial charge in [0.05, 0.1) is 11.3 Å². The van der Waals surface area contributed by atoms with Crippen LogP contribution in [-0.4, -0.2) is 34.9 Å². The molecule has 0 aliphatic carbocycles. The summed E-state index contributed by atoms with van der Waals surface area (Å²) in [5.74, 6) is -0.273. The van der Waals surface area contributed by atoms with Crippen LogP contribution in [0.5, 0.6) is 0 Å². The number of nitrogens with one attached hydrogen (secondary N) is 2. The maximum absolute atomic E-state index is 13.0. The molecular weight excluding hydrogens is 370 g/mol. The Hall–Kier alpha value is -2.73. The maximum Gasteiger partial charge on any atom is 0.257 e. The average molecular weight is 396 g/mol. The van der Waals surface area contributed by atoms with Crippen LogP contribution in [0.1, 0.15) is 52.0 Å². The number of nitrogens with zero attached hydrogens (tertiary/aromatic N) is 1. The topological polar surface area (TPSA) is 61.4 Å². The highest BCUT2D eigenvalue weighted by Gasteiger charge is 2.20. The summed E-state index contributed by atoms with van der Waals surface area (Å²) in [5, 5.41) is 5.89. The summed E-state index contributed by atoms with van der Waals surface area (Å²) in [4.78, 5) is 27.4. The number of para-hydroxylation sites is 1. The molecule has 0 aromatic heterocycles. The minimum atomic E-state index is -0.271. The van der Waals surface area contributed by atoms with E-state index in [1.54, 1.807) is 18.2 Å². The van der Waals surface area contributed by atoms with Crippen LogP contribution in [0.2, 0.25) is 0 Å². The molecule has 0 spiro atoms. The Morgan fingerprint density at radius 3 is 2.18 bits per heavy atom. The number of anilines is 1. The van der Waals surface area contributed by atoms with Crippen molar-refractivity contribution in [1.82, 2.24) is 10.2 Å². The second-order valence-corrected chi connectivity index (χ2v) is 7.38. The van der Waals surface area contributed by atoms with E-state index < -0.39 is 0 Å². The van der Waals surface area contributed by atoms with E-state index in [0.29, 0.717) is 16.8 Å². The highest BCUT2D eigenvalue weighted by atomic mass is 32.1. The van der Waals surface area contributed by atoms with Crippen LogP contribution in [0.25, 0.3) is 0 Å². The van der Waals surface area contributed by atoms with Crippen molar-refractivity contribution in [2.24, 2.45) is 0 Å². The molecule has 0 unspecified atom stereocenters. The second kappa shape index (κ2) is 9.46. The average Bonchev–Trinajstić information content (AvgIpc) is 2.97. The molecule has 2 aromatic carbocycles. The molecular formula is C22H25N3O2S. The van der Waals surface area contributed by atoms with Gasteiger partial charge in [-0.3, -0.25) is 14.9 Å². The normalized spacial score (nSPS) is 14.1. The smallest absolute Gasteiger partial charge is 0.257 e. The Labute approximate surface area is 171 Å². The van der Waals surface area contributed by atoms with Gasteiger partial charge in [-0.25, -0.2) is 0 Å². The lowest BCUT2D eigenvalue weighted by Gasteiger charge is -2.22. The molecule has 28 heavy (non-hydrogen) atoms. The van der Waals surface area contributed by atoms with Gasteiger partial charge < -0.3 is 10.2 Å². The summed E-state index contributed by atoms with van der Waals surface area (Å²) >= 11 is 5.31. The zero-order valence-corrected chi connectivity index (χ0v) is 16.8. The van der Waals surface area contributed by atoms with Crippen LogP contribution >= 0.6 is 12.2 Å². The van der Waals surface area contributed by atoms with Gasteiger partial charge in [0.2, 0.25) is 0 Å². The summed E-state index contributed by atoms with van der Waals surface area (Å²) < 4.78 is 0. The third-order valence-electron chi connectivity index (χ3n) is 4.92. The van der Waals surface area contributed by atoms with Gasteiger partial charge in [0, 0.05) is 18.7 Å². The molecule has 2 amide bonds. The molecule has 0 bridgehead atoms. The Morgan fingerprint density at radius 1 is 0.893 bits per heavy atom. The van der Waals surface area contributed by atoms with Gasteiger partial charge in [0.1, 0.15) is 0 Å². The quantitative estimate of drug-likeness (QED) is 0.767. The summed E-state index contributed by atoms with van der Waals surface area (Å²) in [6.45, 7) is 3.43. The van der Waals surface area contributed by atoms with Crippen molar-refractivity contribution in [2.75, 3.05) is 18.4 Å². The van der Waals surface area contributed by atoms with E-state index in [2.05, 4.69) is 10.6 Å². The van der Waals surface area contributed by atoms with Crippen LogP contribution in [0.4, 0.5) is 5.69 Å². The Kier molecular flexibility index (Phi) is 6.76. The molecule has 0 radical (unpaired) electrons. The molecule has 6 heteroatoms. The predicted octanol–water partition coefficient (Wildman–Crippen LogP) is 4.14. The van der Waals surface area contributed by atoms with E-state index in [0.717, 1.165) is 31.5 Å². The molecule has 2 N–H and O–H groups in total. The number of thiocarbonyl (C=S) groups is 1. The summed E-state index contributed by atoms with van der Waals surface area (Å²) in [7, 11) is 0. The van der Waals surface area contributed by atoms with Gasteiger partial charge in [0.25, 0.3) is 11.8 Å². The first kappa shape index (κ1) is 20.0. The summed E-state index contributed by atoms with van der Waals surface area (Å²) in [5.41, 5.74) is 2.61. The number of carbonyl (C=O) groups is 2. The van der Waals surface area contributed by atoms with E-state index >= 15 is 0 Å². The molecule has 5 nitrogen and oxygen atoms in total. The van der Waals surface area contributed by atoms with E-state index in [-0.39, 0.29) is 16.9 Å². The van der Waals surface area contributed by atoms with Gasteiger partial charge >= 0.3 is 0 Å². The Bertz CT molecular complexity index is 874. The van der Waals surface area contributed by atoms with Crippen molar-refractivity contribution in [3.8, 4) is 0 Å². The lowest BCUT2D eigenvalue weighted by molar-refractivity contribution is 0.0762. The largest absolute Gasteiger partial charge is 0.339 e. The molecule has 1 saturated heterocycles. The fourth-order valence-corrected chi connectivity index (χ4v) is 3.58. The molecule has 0 atom stereocenters. The summed E-state index contributed by atoms with van der Waals surface area (Å²) in [6, 6.07) is 14.6. The predicted molar refractivity (Wildman–Crippen MR) is 116 cm³/mol. The number of carbonyl (C=O) groups excluding carboxylic acids is 2. The van der Waals surface area contributed by atoms with Crippen LogP contribution in [-0.2, 0) is 0 Å². The Balaban J connectivity index is 1.70. The molecule has 146 valence electrons. The van der Waals surface area contributed by atoms with Crippen molar-refractivity contribution < 1.29 is 9.59 Å². The number of rotatable bonds is 3. The van der Waals surface area contributed by atoms with Crippen molar-refractivity contribution in [3.63, 3.8) is 0 Å². The van der Waals surface area contributed by atoms with Crippen molar-refractivity contribution in [1.29, 1.82) is 0 Å². The SMILES string of the molecule is Cc1ccccc1C(=O)NC(=S)Nc1ccccc1C(=O)N1CCCCCC1. The molecule has 1 heterocycles. The number of amides is 2. The summed E-state index contributed by atoms with van der Waals surface area (Å²) in [6.07, 6.45) is 4.40.